The third-order valence-corrected chi connectivity index (χ3v) is 3.37. The Labute approximate surface area is 96.9 Å². The van der Waals surface area contributed by atoms with Crippen LogP contribution in [0.2, 0.25) is 0 Å². The van der Waals surface area contributed by atoms with E-state index in [0.29, 0.717) is 26.1 Å². The van der Waals surface area contributed by atoms with Crippen LogP contribution in [-0.4, -0.2) is 59.3 Å². The number of nitrogens with zero attached hydrogens (tertiary/aromatic N) is 2. The summed E-state index contributed by atoms with van der Waals surface area (Å²) in [5, 5.41) is 2.74. The number of carbonyl (C=O) groups is 2. The van der Waals surface area contributed by atoms with E-state index in [1.807, 2.05) is 4.90 Å². The number of carbonyl (C=O) groups excluding carboxylic acids is 2. The van der Waals surface area contributed by atoms with Crippen molar-refractivity contribution in [2.45, 2.75) is 11.2 Å². The lowest BCUT2D eigenvalue weighted by Crippen LogP contribution is -2.37. The minimum absolute atomic E-state index is 0.0166. The number of rotatable bonds is 3. The molecule has 1 unspecified atom stereocenters. The van der Waals surface area contributed by atoms with Gasteiger partial charge in [0, 0.05) is 44.0 Å². The predicted molar refractivity (Wildman–Crippen MR) is 58.9 cm³/mol. The van der Waals surface area contributed by atoms with E-state index in [9.17, 15) is 9.59 Å². The Morgan fingerprint density at radius 3 is 2.60 bits per heavy atom. The van der Waals surface area contributed by atoms with Gasteiger partial charge in [-0.1, -0.05) is 15.9 Å². The van der Waals surface area contributed by atoms with Crippen molar-refractivity contribution < 1.29 is 9.59 Å². The molecule has 0 aromatic rings. The number of alkyl halides is 1. The fourth-order valence-corrected chi connectivity index (χ4v) is 2.53. The van der Waals surface area contributed by atoms with Crippen molar-refractivity contribution in [3.05, 3.63) is 0 Å². The quantitative estimate of drug-likeness (QED) is 0.738. The fourth-order valence-electron chi connectivity index (χ4n) is 1.91. The van der Waals surface area contributed by atoms with Crippen molar-refractivity contribution >= 4 is 27.9 Å². The molecule has 84 valence electrons. The molecule has 0 aromatic heterocycles. The van der Waals surface area contributed by atoms with E-state index in [2.05, 4.69) is 21.2 Å². The fraction of sp³-hybridized carbons (Fsp3) is 0.778. The van der Waals surface area contributed by atoms with Crippen LogP contribution in [0.25, 0.3) is 0 Å². The van der Waals surface area contributed by atoms with Gasteiger partial charge >= 0.3 is 6.03 Å². The van der Waals surface area contributed by atoms with Gasteiger partial charge in [0.25, 0.3) is 0 Å². The van der Waals surface area contributed by atoms with Gasteiger partial charge in [-0.3, -0.25) is 4.79 Å². The molecular weight excluding hydrogens is 262 g/mol. The molecule has 2 heterocycles. The molecule has 2 aliphatic rings. The van der Waals surface area contributed by atoms with Crippen LogP contribution in [0.4, 0.5) is 4.79 Å². The van der Waals surface area contributed by atoms with Crippen LogP contribution in [0.1, 0.15) is 6.42 Å². The molecule has 0 aliphatic carbocycles. The third-order valence-electron chi connectivity index (χ3n) is 2.75. The predicted octanol–water partition coefficient (Wildman–Crippen LogP) is 0.00740. The van der Waals surface area contributed by atoms with E-state index in [4.69, 9.17) is 0 Å². The summed E-state index contributed by atoms with van der Waals surface area (Å²) in [6, 6.07) is -0.0166. The minimum atomic E-state index is -0.0166. The van der Waals surface area contributed by atoms with Gasteiger partial charge in [0.1, 0.15) is 0 Å². The molecule has 2 aliphatic heterocycles. The summed E-state index contributed by atoms with van der Waals surface area (Å²) in [6.07, 6.45) is 0.576. The van der Waals surface area contributed by atoms with Gasteiger partial charge in [-0.15, -0.1) is 0 Å². The maximum Gasteiger partial charge on any atom is 0.317 e. The minimum Gasteiger partial charge on any atom is -0.340 e. The number of nitrogens with one attached hydrogen (secondary N) is 1. The van der Waals surface area contributed by atoms with E-state index in [1.165, 1.54) is 0 Å². The second-order valence-electron chi connectivity index (χ2n) is 3.86. The molecule has 2 fully saturated rings. The maximum atomic E-state index is 11.4. The molecule has 1 N–H and O–H groups in total. The number of hydrogen-bond donors (Lipinski definition) is 1. The highest BCUT2D eigenvalue weighted by Gasteiger charge is 2.28. The zero-order valence-corrected chi connectivity index (χ0v) is 9.99. The number of likely N-dealkylation sites (tertiary alicyclic amines) is 1. The zero-order valence-electron chi connectivity index (χ0n) is 8.41. The summed E-state index contributed by atoms with van der Waals surface area (Å²) >= 11 is 3.43. The van der Waals surface area contributed by atoms with E-state index in [1.54, 1.807) is 4.90 Å². The average Bonchev–Trinajstić information content (AvgIpc) is 2.70. The molecule has 3 amide bonds. The average molecular weight is 276 g/mol. The molecule has 0 bridgehead atoms. The highest BCUT2D eigenvalue weighted by molar-refractivity contribution is 9.09. The van der Waals surface area contributed by atoms with Gasteiger partial charge in [-0.05, 0) is 0 Å². The topological polar surface area (TPSA) is 52.7 Å². The standard InChI is InChI=1S/C9H14BrN3O2/c10-7-5-8(14)13(6-7)4-3-12-2-1-11-9(12)15/h7H,1-6H2,(H,11,15). The molecule has 2 saturated heterocycles. The van der Waals surface area contributed by atoms with Gasteiger partial charge in [0.05, 0.1) is 0 Å². The van der Waals surface area contributed by atoms with Gasteiger partial charge in [-0.2, -0.15) is 0 Å². The van der Waals surface area contributed by atoms with E-state index in [-0.39, 0.29) is 16.8 Å². The Morgan fingerprint density at radius 2 is 2.07 bits per heavy atom. The van der Waals surface area contributed by atoms with Crippen molar-refractivity contribution in [2.75, 3.05) is 32.7 Å². The lowest BCUT2D eigenvalue weighted by Gasteiger charge is -2.20. The summed E-state index contributed by atoms with van der Waals surface area (Å²) in [5.74, 6) is 0.177. The normalized spacial score (nSPS) is 26.3. The zero-order chi connectivity index (χ0) is 10.8. The molecule has 6 heteroatoms. The molecular formula is C9H14BrN3O2. The van der Waals surface area contributed by atoms with E-state index >= 15 is 0 Å². The summed E-state index contributed by atoms with van der Waals surface area (Å²) in [6.45, 7) is 3.51. The number of amides is 3. The van der Waals surface area contributed by atoms with Crippen LogP contribution in [0.5, 0.6) is 0 Å². The molecule has 15 heavy (non-hydrogen) atoms. The number of hydrogen-bond acceptors (Lipinski definition) is 2. The van der Waals surface area contributed by atoms with Gasteiger partial charge in [0.2, 0.25) is 5.91 Å². The third kappa shape index (κ3) is 2.42. The number of urea groups is 1. The summed E-state index contributed by atoms with van der Waals surface area (Å²) < 4.78 is 0. The van der Waals surface area contributed by atoms with Gasteiger partial charge in [-0.25, -0.2) is 4.79 Å². The first-order valence-corrected chi connectivity index (χ1v) is 6.03. The smallest absolute Gasteiger partial charge is 0.317 e. The van der Waals surface area contributed by atoms with E-state index < -0.39 is 0 Å². The Bertz CT molecular complexity index is 285. The summed E-state index contributed by atoms with van der Waals surface area (Å²) in [4.78, 5) is 26.5. The van der Waals surface area contributed by atoms with Gasteiger partial charge in [0.15, 0.2) is 0 Å². The molecule has 0 aromatic carbocycles. The first-order valence-electron chi connectivity index (χ1n) is 5.11. The van der Waals surface area contributed by atoms with Crippen molar-refractivity contribution in [3.63, 3.8) is 0 Å². The summed E-state index contributed by atoms with van der Waals surface area (Å²) in [7, 11) is 0. The van der Waals surface area contributed by atoms with E-state index in [0.717, 1.165) is 13.1 Å². The van der Waals surface area contributed by atoms with Crippen molar-refractivity contribution in [1.82, 2.24) is 15.1 Å². The highest BCUT2D eigenvalue weighted by atomic mass is 79.9. The molecule has 0 saturated carbocycles. The van der Waals surface area contributed by atoms with Crippen molar-refractivity contribution in [2.24, 2.45) is 0 Å². The van der Waals surface area contributed by atoms with Gasteiger partial charge < -0.3 is 15.1 Å². The van der Waals surface area contributed by atoms with Crippen LogP contribution in [-0.2, 0) is 4.79 Å². The molecule has 1 atom stereocenters. The second kappa shape index (κ2) is 4.38. The van der Waals surface area contributed by atoms with Crippen LogP contribution in [0.3, 0.4) is 0 Å². The molecule has 0 spiro atoms. The Hall–Kier alpha value is -0.780. The molecule has 5 nitrogen and oxygen atoms in total. The van der Waals surface area contributed by atoms with Crippen molar-refractivity contribution in [3.8, 4) is 0 Å². The summed E-state index contributed by atoms with van der Waals surface area (Å²) in [5.41, 5.74) is 0. The maximum absolute atomic E-state index is 11.4. The molecule has 2 rings (SSSR count). The second-order valence-corrected chi connectivity index (χ2v) is 5.16. The Morgan fingerprint density at radius 1 is 1.33 bits per heavy atom. The molecule has 0 radical (unpaired) electrons. The first-order chi connectivity index (χ1) is 7.16. The Kier molecular flexibility index (Phi) is 3.14. The van der Waals surface area contributed by atoms with Crippen LogP contribution < -0.4 is 5.32 Å². The lowest BCUT2D eigenvalue weighted by atomic mass is 10.4. The Balaban J connectivity index is 1.78. The SMILES string of the molecule is O=C1CC(Br)CN1CCN1CCNC1=O. The van der Waals surface area contributed by atoms with Crippen LogP contribution in [0, 0.1) is 0 Å². The van der Waals surface area contributed by atoms with Crippen LogP contribution >= 0.6 is 15.9 Å². The highest BCUT2D eigenvalue weighted by Crippen LogP contribution is 2.17. The van der Waals surface area contributed by atoms with Crippen molar-refractivity contribution in [1.29, 1.82) is 0 Å². The number of halogens is 1. The largest absolute Gasteiger partial charge is 0.340 e. The van der Waals surface area contributed by atoms with Crippen LogP contribution in [0.15, 0.2) is 0 Å². The first kappa shape index (κ1) is 10.7. The monoisotopic (exact) mass is 275 g/mol. The lowest BCUT2D eigenvalue weighted by molar-refractivity contribution is -0.127.